The van der Waals surface area contributed by atoms with Crippen molar-refractivity contribution in [3.63, 3.8) is 0 Å². The lowest BCUT2D eigenvalue weighted by Gasteiger charge is -2.23. The number of benzene rings is 4. The molecule has 0 radical (unpaired) electrons. The number of hydrogen-bond acceptors (Lipinski definition) is 3. The van der Waals surface area contributed by atoms with Gasteiger partial charge in [0.2, 0.25) is 0 Å². The average Bonchev–Trinajstić information content (AvgIpc) is 3.56. The fourth-order valence-corrected chi connectivity index (χ4v) is 6.66. The van der Waals surface area contributed by atoms with Crippen LogP contribution in [0.4, 0.5) is 0 Å². The van der Waals surface area contributed by atoms with E-state index >= 15 is 0 Å². The van der Waals surface area contributed by atoms with E-state index in [1.807, 2.05) is 23.0 Å². The summed E-state index contributed by atoms with van der Waals surface area (Å²) in [7, 11) is 0. The molecule has 5 nitrogen and oxygen atoms in total. The van der Waals surface area contributed by atoms with Gasteiger partial charge in [0.1, 0.15) is 17.3 Å². The first-order valence-corrected chi connectivity index (χ1v) is 16.6. The molecule has 47 heavy (non-hydrogen) atoms. The van der Waals surface area contributed by atoms with E-state index in [0.717, 1.165) is 58.3 Å². The molecule has 0 bridgehead atoms. The number of fused-ring (bicyclic) bond motifs is 3. The molecule has 0 aliphatic carbocycles. The van der Waals surface area contributed by atoms with Gasteiger partial charge in [0.05, 0.1) is 22.4 Å². The van der Waals surface area contributed by atoms with E-state index in [0.29, 0.717) is 0 Å². The van der Waals surface area contributed by atoms with Crippen LogP contribution in [0, 0.1) is 20.8 Å². The molecular weight excluding hydrogens is 576 g/mol. The Balaban J connectivity index is 1.34. The normalized spacial score (nSPS) is 11.9. The van der Waals surface area contributed by atoms with Crippen LogP contribution < -0.4 is 4.74 Å². The zero-order valence-corrected chi connectivity index (χ0v) is 28.4. The highest BCUT2D eigenvalue weighted by Crippen LogP contribution is 2.38. The molecule has 0 atom stereocenters. The lowest BCUT2D eigenvalue weighted by atomic mass is 9.82. The predicted molar refractivity (Wildman–Crippen MR) is 195 cm³/mol. The van der Waals surface area contributed by atoms with Gasteiger partial charge in [-0.05, 0) is 110 Å². The first-order chi connectivity index (χ1) is 22.7. The van der Waals surface area contributed by atoms with E-state index < -0.39 is 0 Å². The molecule has 4 aromatic carbocycles. The molecule has 0 spiro atoms. The van der Waals surface area contributed by atoms with Crippen LogP contribution in [-0.2, 0) is 11.8 Å². The van der Waals surface area contributed by atoms with Crippen molar-refractivity contribution in [1.29, 1.82) is 0 Å². The largest absolute Gasteiger partial charge is 0.457 e. The van der Waals surface area contributed by atoms with Crippen LogP contribution in [0.25, 0.3) is 44.4 Å². The Hall–Kier alpha value is -5.16. The summed E-state index contributed by atoms with van der Waals surface area (Å²) in [6.07, 6.45) is 3.84. The predicted octanol–water partition coefficient (Wildman–Crippen LogP) is 11.0. The van der Waals surface area contributed by atoms with Gasteiger partial charge in [-0.1, -0.05) is 64.1 Å². The van der Waals surface area contributed by atoms with Gasteiger partial charge in [-0.25, -0.2) is 9.67 Å². The second-order valence-corrected chi connectivity index (χ2v) is 13.3. The van der Waals surface area contributed by atoms with E-state index in [1.165, 1.54) is 38.6 Å². The number of hydrogen-bond donors (Lipinski definition) is 0. The summed E-state index contributed by atoms with van der Waals surface area (Å²) >= 11 is 0. The molecule has 0 amide bonds. The molecule has 7 rings (SSSR count). The van der Waals surface area contributed by atoms with Crippen molar-refractivity contribution < 1.29 is 4.74 Å². The summed E-state index contributed by atoms with van der Waals surface area (Å²) in [4.78, 5) is 4.80. The molecule has 236 valence electrons. The summed E-state index contributed by atoms with van der Waals surface area (Å²) in [6.45, 7) is 15.4. The summed E-state index contributed by atoms with van der Waals surface area (Å²) in [5, 5.41) is 7.39. The zero-order valence-electron chi connectivity index (χ0n) is 28.4. The van der Waals surface area contributed by atoms with Gasteiger partial charge in [0.15, 0.2) is 0 Å². The van der Waals surface area contributed by atoms with E-state index in [2.05, 4.69) is 138 Å². The maximum absolute atomic E-state index is 6.68. The summed E-state index contributed by atoms with van der Waals surface area (Å²) < 4.78 is 11.0. The van der Waals surface area contributed by atoms with Crippen molar-refractivity contribution in [3.05, 3.63) is 131 Å². The Kier molecular flexibility index (Phi) is 7.71. The number of aromatic nitrogens is 4. The van der Waals surface area contributed by atoms with Crippen LogP contribution in [0.15, 0.2) is 103 Å². The number of pyridine rings is 1. The zero-order chi connectivity index (χ0) is 32.9. The Labute approximate surface area is 277 Å². The second kappa shape index (κ2) is 11.9. The number of rotatable bonds is 8. The van der Waals surface area contributed by atoms with Crippen molar-refractivity contribution in [2.75, 3.05) is 0 Å². The SMILES string of the molecule is CCc1cc(Oc2ccc3c4cc(C(C)(C)CC)ccc4n(-c4cc(C)ccn4)c3c2)cc(-n2nc(C)c(-c3ccccc3)c2C)c1. The highest BCUT2D eigenvalue weighted by Gasteiger charge is 2.22. The van der Waals surface area contributed by atoms with Crippen molar-refractivity contribution in [1.82, 2.24) is 19.3 Å². The summed E-state index contributed by atoms with van der Waals surface area (Å²) in [6, 6.07) is 34.4. The van der Waals surface area contributed by atoms with Gasteiger partial charge in [-0.2, -0.15) is 5.10 Å². The fourth-order valence-electron chi connectivity index (χ4n) is 6.66. The minimum atomic E-state index is 0.0859. The lowest BCUT2D eigenvalue weighted by molar-refractivity contribution is 0.482. The molecule has 3 heterocycles. The van der Waals surface area contributed by atoms with Crippen molar-refractivity contribution in [2.45, 2.75) is 66.7 Å². The Morgan fingerprint density at radius 1 is 0.745 bits per heavy atom. The molecule has 0 saturated carbocycles. The molecule has 0 N–H and O–H groups in total. The third kappa shape index (κ3) is 5.50. The van der Waals surface area contributed by atoms with Crippen LogP contribution in [0.2, 0.25) is 0 Å². The fraction of sp³-hybridized carbons (Fsp3) is 0.238. The van der Waals surface area contributed by atoms with Gasteiger partial charge in [-0.15, -0.1) is 0 Å². The maximum Gasteiger partial charge on any atom is 0.137 e. The monoisotopic (exact) mass is 618 g/mol. The highest BCUT2D eigenvalue weighted by atomic mass is 16.5. The third-order valence-corrected chi connectivity index (χ3v) is 9.73. The van der Waals surface area contributed by atoms with Crippen LogP contribution in [0.3, 0.4) is 0 Å². The van der Waals surface area contributed by atoms with Crippen molar-refractivity contribution in [3.8, 4) is 34.1 Å². The minimum absolute atomic E-state index is 0.0859. The van der Waals surface area contributed by atoms with Crippen molar-refractivity contribution >= 4 is 21.8 Å². The molecule has 3 aromatic heterocycles. The Morgan fingerprint density at radius 3 is 2.30 bits per heavy atom. The highest BCUT2D eigenvalue weighted by molar-refractivity contribution is 6.09. The van der Waals surface area contributed by atoms with Crippen LogP contribution in [0.5, 0.6) is 11.5 Å². The number of nitrogens with zero attached hydrogens (tertiary/aromatic N) is 4. The number of aryl methyl sites for hydroxylation is 3. The van der Waals surface area contributed by atoms with Crippen LogP contribution in [0.1, 0.15) is 62.2 Å². The van der Waals surface area contributed by atoms with E-state index in [4.69, 9.17) is 14.8 Å². The van der Waals surface area contributed by atoms with Crippen LogP contribution in [-0.4, -0.2) is 19.3 Å². The average molecular weight is 619 g/mol. The summed E-state index contributed by atoms with van der Waals surface area (Å²) in [5.74, 6) is 2.47. The van der Waals surface area contributed by atoms with E-state index in [1.54, 1.807) is 0 Å². The molecule has 0 fully saturated rings. The number of ether oxygens (including phenoxy) is 1. The van der Waals surface area contributed by atoms with E-state index in [9.17, 15) is 0 Å². The van der Waals surface area contributed by atoms with E-state index in [-0.39, 0.29) is 5.41 Å². The lowest BCUT2D eigenvalue weighted by Crippen LogP contribution is -2.15. The van der Waals surface area contributed by atoms with Crippen LogP contribution >= 0.6 is 0 Å². The molecule has 0 saturated heterocycles. The van der Waals surface area contributed by atoms with Gasteiger partial charge in [0.25, 0.3) is 0 Å². The topological polar surface area (TPSA) is 44.9 Å². The molecule has 0 aliphatic rings. The van der Waals surface area contributed by atoms with Crippen molar-refractivity contribution in [2.24, 2.45) is 0 Å². The minimum Gasteiger partial charge on any atom is -0.457 e. The van der Waals surface area contributed by atoms with Gasteiger partial charge in [0, 0.05) is 40.4 Å². The quantitative estimate of drug-likeness (QED) is 0.170. The maximum atomic E-state index is 6.68. The molecule has 7 aromatic rings. The third-order valence-electron chi connectivity index (χ3n) is 9.73. The first kappa shape index (κ1) is 30.5. The summed E-state index contributed by atoms with van der Waals surface area (Å²) in [5.41, 5.74) is 11.4. The van der Waals surface area contributed by atoms with Gasteiger partial charge in [-0.3, -0.25) is 4.57 Å². The van der Waals surface area contributed by atoms with Gasteiger partial charge < -0.3 is 4.74 Å². The molecule has 0 aliphatic heterocycles. The molecule has 5 heteroatoms. The molecule has 0 unspecified atom stereocenters. The standard InChI is InChI=1S/C42H42N4O/c1-8-30-22-33(46-29(5)41(28(4)44-46)31-13-11-10-12-14-31)25-35(23-30)47-34-16-17-36-37-24-32(42(6,7)9-2)15-18-38(37)45(39(36)26-34)40-21-27(3)19-20-43-40/h10-26H,8-9H2,1-7H3. The Morgan fingerprint density at radius 2 is 1.55 bits per heavy atom. The molecular formula is C42H42N4O. The first-order valence-electron chi connectivity index (χ1n) is 16.6. The smallest absolute Gasteiger partial charge is 0.137 e. The Bertz CT molecular complexity index is 2250. The van der Waals surface area contributed by atoms with Gasteiger partial charge >= 0.3 is 0 Å². The second-order valence-electron chi connectivity index (χ2n) is 13.3.